The Labute approximate surface area is 102 Å². The monoisotopic (exact) mass is 258 g/mol. The van der Waals surface area contributed by atoms with Crippen LogP contribution in [0.5, 0.6) is 5.75 Å². The number of aliphatic hydroxyl groups is 1. The lowest BCUT2D eigenvalue weighted by Crippen LogP contribution is -2.16. The molecule has 5 heteroatoms. The van der Waals surface area contributed by atoms with Crippen molar-refractivity contribution in [2.24, 2.45) is 0 Å². The van der Waals surface area contributed by atoms with E-state index in [9.17, 15) is 8.42 Å². The number of hydrogen-bond acceptors (Lipinski definition) is 4. The van der Waals surface area contributed by atoms with E-state index in [1.807, 2.05) is 12.1 Å². The van der Waals surface area contributed by atoms with Crippen LogP contribution in [0.15, 0.2) is 24.3 Å². The van der Waals surface area contributed by atoms with Crippen molar-refractivity contribution < 1.29 is 17.7 Å². The first kappa shape index (κ1) is 14.0. The number of hydrogen-bond donors (Lipinski definition) is 1. The second kappa shape index (κ2) is 6.02. The van der Waals surface area contributed by atoms with Crippen molar-refractivity contribution in [1.82, 2.24) is 0 Å². The van der Waals surface area contributed by atoms with Crippen molar-refractivity contribution in [3.63, 3.8) is 0 Å². The van der Waals surface area contributed by atoms with Crippen LogP contribution >= 0.6 is 0 Å². The van der Waals surface area contributed by atoms with Gasteiger partial charge in [0.15, 0.2) is 0 Å². The van der Waals surface area contributed by atoms with Gasteiger partial charge in [0, 0.05) is 0 Å². The van der Waals surface area contributed by atoms with Crippen LogP contribution in [0.4, 0.5) is 0 Å². The Balaban J connectivity index is 2.75. The molecule has 1 rings (SSSR count). The van der Waals surface area contributed by atoms with E-state index in [4.69, 9.17) is 9.29 Å². The topological polar surface area (TPSA) is 63.6 Å². The minimum absolute atomic E-state index is 0.283. The van der Waals surface area contributed by atoms with Crippen LogP contribution in [0, 0.1) is 0 Å². The lowest BCUT2D eigenvalue weighted by atomic mass is 9.99. The smallest absolute Gasteiger partial charge is 0.311 e. The van der Waals surface area contributed by atoms with Gasteiger partial charge in [-0.05, 0) is 30.0 Å². The summed E-state index contributed by atoms with van der Waals surface area (Å²) in [6, 6.07) is 6.99. The molecule has 0 bridgehead atoms. The predicted molar refractivity (Wildman–Crippen MR) is 66.6 cm³/mol. The molecule has 1 unspecified atom stereocenters. The highest BCUT2D eigenvalue weighted by molar-refractivity contribution is 7.87. The highest BCUT2D eigenvalue weighted by atomic mass is 32.2. The van der Waals surface area contributed by atoms with Crippen LogP contribution in [0.1, 0.15) is 31.7 Å². The minimum Gasteiger partial charge on any atom is -0.395 e. The van der Waals surface area contributed by atoms with Gasteiger partial charge in [-0.15, -0.1) is 0 Å². The summed E-state index contributed by atoms with van der Waals surface area (Å²) in [5.74, 6) is 0.337. The van der Waals surface area contributed by atoms with Gasteiger partial charge in [-0.3, -0.25) is 0 Å². The van der Waals surface area contributed by atoms with Gasteiger partial charge in [0.05, 0.1) is 6.61 Å². The van der Waals surface area contributed by atoms with Gasteiger partial charge in [0.1, 0.15) is 11.5 Å². The normalized spacial score (nSPS) is 13.4. The lowest BCUT2D eigenvalue weighted by Gasteiger charge is -2.10. The van der Waals surface area contributed by atoms with Gasteiger partial charge in [-0.1, -0.05) is 26.0 Å². The Kier molecular flexibility index (Phi) is 4.96. The van der Waals surface area contributed by atoms with Crippen molar-refractivity contribution in [3.05, 3.63) is 29.8 Å². The van der Waals surface area contributed by atoms with E-state index >= 15 is 0 Å². The zero-order valence-corrected chi connectivity index (χ0v) is 10.9. The molecule has 0 radical (unpaired) electrons. The zero-order valence-electron chi connectivity index (χ0n) is 10.1. The van der Waals surface area contributed by atoms with E-state index in [2.05, 4.69) is 13.8 Å². The number of rotatable bonds is 6. The standard InChI is InChI=1S/C12H18O4S/c1-3-10(2)11-4-6-12(7-5-11)16-17(14,15)9-8-13/h4-7,10,13H,3,8-9H2,1-2H3. The summed E-state index contributed by atoms with van der Waals surface area (Å²) >= 11 is 0. The van der Waals surface area contributed by atoms with Crippen LogP contribution in [0.3, 0.4) is 0 Å². The fraction of sp³-hybridized carbons (Fsp3) is 0.500. The molecular formula is C12H18O4S. The Bertz CT molecular complexity index is 436. The van der Waals surface area contributed by atoms with Gasteiger partial charge in [-0.25, -0.2) is 0 Å². The van der Waals surface area contributed by atoms with Crippen molar-refractivity contribution in [1.29, 1.82) is 0 Å². The molecule has 0 aliphatic heterocycles. The molecule has 0 spiro atoms. The van der Waals surface area contributed by atoms with Crippen molar-refractivity contribution in [2.45, 2.75) is 26.2 Å². The molecule has 0 aliphatic carbocycles. The number of benzene rings is 1. The average Bonchev–Trinajstić information content (AvgIpc) is 2.28. The molecule has 17 heavy (non-hydrogen) atoms. The van der Waals surface area contributed by atoms with Gasteiger partial charge >= 0.3 is 10.1 Å². The van der Waals surface area contributed by atoms with E-state index in [1.54, 1.807) is 12.1 Å². The van der Waals surface area contributed by atoms with Gasteiger partial charge < -0.3 is 9.29 Å². The van der Waals surface area contributed by atoms with E-state index in [-0.39, 0.29) is 11.5 Å². The quantitative estimate of drug-likeness (QED) is 0.792. The molecule has 1 N–H and O–H groups in total. The average molecular weight is 258 g/mol. The van der Waals surface area contributed by atoms with Gasteiger partial charge in [0.2, 0.25) is 0 Å². The van der Waals surface area contributed by atoms with Crippen molar-refractivity contribution in [3.8, 4) is 5.75 Å². The van der Waals surface area contributed by atoms with Crippen LogP contribution in [-0.4, -0.2) is 25.9 Å². The molecule has 1 aromatic rings. The Morgan fingerprint density at radius 3 is 2.35 bits per heavy atom. The first-order chi connectivity index (χ1) is 7.98. The maximum absolute atomic E-state index is 11.3. The van der Waals surface area contributed by atoms with Crippen LogP contribution < -0.4 is 4.18 Å². The highest BCUT2D eigenvalue weighted by Crippen LogP contribution is 2.22. The lowest BCUT2D eigenvalue weighted by molar-refractivity contribution is 0.315. The Hall–Kier alpha value is -1.07. The molecule has 0 aromatic heterocycles. The maximum atomic E-state index is 11.3. The fourth-order valence-corrected chi connectivity index (χ4v) is 2.10. The summed E-state index contributed by atoms with van der Waals surface area (Å²) in [6.07, 6.45) is 1.03. The summed E-state index contributed by atoms with van der Waals surface area (Å²) in [5.41, 5.74) is 1.15. The first-order valence-electron chi connectivity index (χ1n) is 5.61. The maximum Gasteiger partial charge on any atom is 0.311 e. The summed E-state index contributed by atoms with van der Waals surface area (Å²) in [4.78, 5) is 0. The number of aliphatic hydroxyl groups excluding tert-OH is 1. The van der Waals surface area contributed by atoms with Gasteiger partial charge in [-0.2, -0.15) is 8.42 Å². The molecular weight excluding hydrogens is 240 g/mol. The predicted octanol–water partition coefficient (Wildman–Crippen LogP) is 1.90. The van der Waals surface area contributed by atoms with Crippen LogP contribution in [0.2, 0.25) is 0 Å². The SMILES string of the molecule is CCC(C)c1ccc(OS(=O)(=O)CCO)cc1. The zero-order chi connectivity index (χ0) is 12.9. The Morgan fingerprint density at radius 1 is 1.29 bits per heavy atom. The van der Waals surface area contributed by atoms with E-state index < -0.39 is 16.7 Å². The highest BCUT2D eigenvalue weighted by Gasteiger charge is 2.12. The molecule has 1 atom stereocenters. The van der Waals surface area contributed by atoms with Crippen molar-refractivity contribution >= 4 is 10.1 Å². The molecule has 96 valence electrons. The van der Waals surface area contributed by atoms with E-state index in [0.717, 1.165) is 12.0 Å². The Morgan fingerprint density at radius 2 is 1.88 bits per heavy atom. The minimum atomic E-state index is -3.67. The summed E-state index contributed by atoms with van der Waals surface area (Å²) in [7, 11) is -3.67. The fourth-order valence-electron chi connectivity index (χ4n) is 1.39. The molecule has 1 aromatic carbocycles. The summed E-state index contributed by atoms with van der Waals surface area (Å²) < 4.78 is 27.4. The molecule has 0 saturated heterocycles. The summed E-state index contributed by atoms with van der Waals surface area (Å²) in [5, 5.41) is 8.57. The van der Waals surface area contributed by atoms with Crippen LogP contribution in [-0.2, 0) is 10.1 Å². The third-order valence-corrected chi connectivity index (χ3v) is 3.75. The van der Waals surface area contributed by atoms with E-state index in [1.165, 1.54) is 0 Å². The molecule has 0 fully saturated rings. The third kappa shape index (κ3) is 4.36. The second-order valence-corrected chi connectivity index (χ2v) is 5.64. The largest absolute Gasteiger partial charge is 0.395 e. The summed E-state index contributed by atoms with van der Waals surface area (Å²) in [6.45, 7) is 3.77. The van der Waals surface area contributed by atoms with Crippen molar-refractivity contribution in [2.75, 3.05) is 12.4 Å². The molecule has 0 aliphatic rings. The molecule has 0 amide bonds. The second-order valence-electron chi connectivity index (χ2n) is 3.95. The molecule has 4 nitrogen and oxygen atoms in total. The van der Waals surface area contributed by atoms with E-state index in [0.29, 0.717) is 5.92 Å². The molecule has 0 heterocycles. The first-order valence-corrected chi connectivity index (χ1v) is 7.19. The third-order valence-electron chi connectivity index (χ3n) is 2.63. The molecule has 0 saturated carbocycles. The van der Waals surface area contributed by atoms with Crippen LogP contribution in [0.25, 0.3) is 0 Å². The van der Waals surface area contributed by atoms with Gasteiger partial charge in [0.25, 0.3) is 0 Å².